The highest BCUT2D eigenvalue weighted by molar-refractivity contribution is 6.81. The van der Waals surface area contributed by atoms with Gasteiger partial charge in [-0.2, -0.15) is 0 Å². The molecule has 0 fully saturated rings. The number of primary amides is 1. The van der Waals surface area contributed by atoms with E-state index < -0.39 is 65.1 Å². The van der Waals surface area contributed by atoms with Crippen LogP contribution in [0.4, 0.5) is 22.0 Å². The number of halogens is 5. The van der Waals surface area contributed by atoms with Crippen molar-refractivity contribution in [2.75, 3.05) is 0 Å². The van der Waals surface area contributed by atoms with Crippen molar-refractivity contribution < 1.29 is 31.5 Å². The molecule has 0 aliphatic rings. The Kier molecular flexibility index (Phi) is 5.48. The van der Waals surface area contributed by atoms with Crippen LogP contribution in [0.5, 0.6) is 0 Å². The maximum Gasteiger partial charge on any atom is 0.241 e. The number of benzene rings is 1. The second-order valence-electron chi connectivity index (χ2n) is 6.25. The minimum Gasteiger partial charge on any atom is -0.428 e. The van der Waals surface area contributed by atoms with Crippen LogP contribution in [0, 0.1) is 29.1 Å². The van der Waals surface area contributed by atoms with E-state index in [1.165, 1.54) is 27.7 Å². The minimum absolute atomic E-state index is 0.773. The van der Waals surface area contributed by atoms with E-state index in [0.29, 0.717) is 0 Å². The van der Waals surface area contributed by atoms with Gasteiger partial charge in [-0.05, 0) is 11.1 Å². The SMILES string of the molecule is CC(C)[Si](O)(C(C)C)C(N)(C(N)=O)c1c(F)c(F)c(F)c(F)c1F. The van der Waals surface area contributed by atoms with E-state index in [9.17, 15) is 31.5 Å². The number of nitrogens with two attached hydrogens (primary N) is 2. The van der Waals surface area contributed by atoms with Gasteiger partial charge in [0.05, 0.1) is 5.56 Å². The summed E-state index contributed by atoms with van der Waals surface area (Å²) in [7, 11) is -4.22. The first-order valence-electron chi connectivity index (χ1n) is 7.09. The van der Waals surface area contributed by atoms with Crippen LogP contribution in [0.15, 0.2) is 0 Å². The van der Waals surface area contributed by atoms with Gasteiger partial charge in [0.1, 0.15) is 5.16 Å². The van der Waals surface area contributed by atoms with Gasteiger partial charge in [-0.1, -0.05) is 27.7 Å². The van der Waals surface area contributed by atoms with Crippen LogP contribution in [-0.2, 0) is 9.96 Å². The molecule has 1 amide bonds. The maximum atomic E-state index is 14.2. The Labute approximate surface area is 136 Å². The summed E-state index contributed by atoms with van der Waals surface area (Å²) >= 11 is 0. The zero-order chi connectivity index (χ0) is 19.2. The van der Waals surface area contributed by atoms with Crippen molar-refractivity contribution in [1.29, 1.82) is 0 Å². The van der Waals surface area contributed by atoms with Crippen LogP contribution in [0.3, 0.4) is 0 Å². The van der Waals surface area contributed by atoms with Gasteiger partial charge < -0.3 is 16.3 Å². The third-order valence-corrected chi connectivity index (χ3v) is 9.67. The van der Waals surface area contributed by atoms with Crippen molar-refractivity contribution in [3.8, 4) is 0 Å². The van der Waals surface area contributed by atoms with Crippen molar-refractivity contribution in [3.63, 3.8) is 0 Å². The number of carbonyl (C=O) groups is 1. The zero-order valence-corrected chi connectivity index (χ0v) is 14.6. The van der Waals surface area contributed by atoms with Crippen LogP contribution in [-0.4, -0.2) is 19.0 Å². The quantitative estimate of drug-likeness (QED) is 0.322. The summed E-state index contributed by atoms with van der Waals surface area (Å²) in [6.45, 7) is 5.73. The lowest BCUT2D eigenvalue weighted by atomic mass is 10.0. The van der Waals surface area contributed by atoms with E-state index in [4.69, 9.17) is 11.5 Å². The van der Waals surface area contributed by atoms with Gasteiger partial charge >= 0.3 is 0 Å². The number of hydrogen-bond donors (Lipinski definition) is 3. The molecule has 1 atom stereocenters. The molecule has 0 bridgehead atoms. The molecule has 10 heteroatoms. The summed E-state index contributed by atoms with van der Waals surface area (Å²) in [6.07, 6.45) is 0. The summed E-state index contributed by atoms with van der Waals surface area (Å²) in [5, 5.41) is -2.92. The molecule has 4 nitrogen and oxygen atoms in total. The Balaban J connectivity index is 4.05. The molecule has 0 aliphatic heterocycles. The molecule has 1 aromatic rings. The minimum atomic E-state index is -4.22. The highest BCUT2D eigenvalue weighted by atomic mass is 28.4. The molecule has 0 heterocycles. The molecule has 0 radical (unpaired) electrons. The van der Waals surface area contributed by atoms with Gasteiger partial charge in [0.25, 0.3) is 0 Å². The molecule has 0 aliphatic carbocycles. The van der Waals surface area contributed by atoms with E-state index in [-0.39, 0.29) is 0 Å². The lowest BCUT2D eigenvalue weighted by Crippen LogP contribution is -2.72. The first-order valence-corrected chi connectivity index (χ1v) is 9.19. The highest BCUT2D eigenvalue weighted by Gasteiger charge is 2.62. The van der Waals surface area contributed by atoms with Crippen molar-refractivity contribution in [1.82, 2.24) is 0 Å². The largest absolute Gasteiger partial charge is 0.428 e. The van der Waals surface area contributed by atoms with Crippen molar-refractivity contribution in [3.05, 3.63) is 34.6 Å². The molecule has 1 aromatic carbocycles. The summed E-state index contributed by atoms with van der Waals surface area (Å²) in [4.78, 5) is 23.0. The standard InChI is InChI=1S/C14H19F5N2O2Si/c1-5(2)24(23,6(3)4)14(21,13(20)22)7-8(15)10(17)12(19)11(18)9(7)16/h5-6,23H,21H2,1-4H3,(H2,20,22). The van der Waals surface area contributed by atoms with Crippen LogP contribution in [0.2, 0.25) is 11.1 Å². The summed E-state index contributed by atoms with van der Waals surface area (Å²) < 4.78 is 68.8. The van der Waals surface area contributed by atoms with Gasteiger partial charge in [-0.3, -0.25) is 4.79 Å². The number of amides is 1. The molecule has 136 valence electrons. The van der Waals surface area contributed by atoms with E-state index >= 15 is 0 Å². The Morgan fingerprint density at radius 2 is 1.21 bits per heavy atom. The molecule has 1 unspecified atom stereocenters. The zero-order valence-electron chi connectivity index (χ0n) is 13.6. The van der Waals surface area contributed by atoms with Crippen LogP contribution in [0.25, 0.3) is 0 Å². The van der Waals surface area contributed by atoms with Crippen LogP contribution < -0.4 is 11.5 Å². The summed E-state index contributed by atoms with van der Waals surface area (Å²) in [6, 6.07) is 0. The Morgan fingerprint density at radius 3 is 1.46 bits per heavy atom. The lowest BCUT2D eigenvalue weighted by molar-refractivity contribution is -0.121. The Bertz CT molecular complexity index is 647. The molecular formula is C14H19F5N2O2Si. The van der Waals surface area contributed by atoms with Crippen LogP contribution >= 0.6 is 0 Å². The Hall–Kier alpha value is -1.52. The van der Waals surface area contributed by atoms with Gasteiger partial charge in [-0.15, -0.1) is 0 Å². The van der Waals surface area contributed by atoms with Gasteiger partial charge in [0.2, 0.25) is 20.0 Å². The molecule has 1 rings (SSSR count). The smallest absolute Gasteiger partial charge is 0.241 e. The maximum absolute atomic E-state index is 14.2. The second-order valence-corrected chi connectivity index (χ2v) is 11.0. The van der Waals surface area contributed by atoms with Crippen molar-refractivity contribution >= 4 is 14.2 Å². The van der Waals surface area contributed by atoms with Gasteiger partial charge in [0, 0.05) is 0 Å². The normalized spacial score (nSPS) is 15.0. The van der Waals surface area contributed by atoms with Crippen LogP contribution in [0.1, 0.15) is 33.3 Å². The Morgan fingerprint density at radius 1 is 0.917 bits per heavy atom. The average molecular weight is 370 g/mol. The summed E-state index contributed by atoms with van der Waals surface area (Å²) in [5.74, 6) is -13.0. The van der Waals surface area contributed by atoms with Gasteiger partial charge in [0.15, 0.2) is 23.3 Å². The predicted octanol–water partition coefficient (Wildman–Crippen LogP) is 2.32. The second kappa shape index (κ2) is 6.41. The third kappa shape index (κ3) is 2.52. The molecular weight excluding hydrogens is 351 g/mol. The van der Waals surface area contributed by atoms with Crippen molar-refractivity contribution in [2.24, 2.45) is 11.5 Å². The molecule has 5 N–H and O–H groups in total. The highest BCUT2D eigenvalue weighted by Crippen LogP contribution is 2.45. The fourth-order valence-electron chi connectivity index (χ4n) is 3.05. The molecule has 0 aromatic heterocycles. The first-order chi connectivity index (χ1) is 10.8. The van der Waals surface area contributed by atoms with E-state index in [1.54, 1.807) is 0 Å². The number of hydrogen-bond acceptors (Lipinski definition) is 3. The first kappa shape index (κ1) is 20.5. The van der Waals surface area contributed by atoms with E-state index in [0.717, 1.165) is 0 Å². The molecule has 24 heavy (non-hydrogen) atoms. The topological polar surface area (TPSA) is 89.3 Å². The molecule has 0 saturated heterocycles. The van der Waals surface area contributed by atoms with E-state index in [1.807, 2.05) is 0 Å². The number of carbonyl (C=O) groups excluding carboxylic acids is 1. The fraction of sp³-hybridized carbons (Fsp3) is 0.500. The van der Waals surface area contributed by atoms with Gasteiger partial charge in [-0.25, -0.2) is 22.0 Å². The number of rotatable bonds is 5. The molecule has 0 spiro atoms. The summed E-state index contributed by atoms with van der Waals surface area (Å²) in [5.41, 5.74) is 7.87. The third-order valence-electron chi connectivity index (χ3n) is 4.38. The monoisotopic (exact) mass is 370 g/mol. The van der Waals surface area contributed by atoms with E-state index in [2.05, 4.69) is 0 Å². The average Bonchev–Trinajstić information content (AvgIpc) is 2.49. The fourth-order valence-corrected chi connectivity index (χ4v) is 7.22. The predicted molar refractivity (Wildman–Crippen MR) is 79.5 cm³/mol. The van der Waals surface area contributed by atoms with Crippen molar-refractivity contribution in [2.45, 2.75) is 43.9 Å². The molecule has 0 saturated carbocycles. The lowest BCUT2D eigenvalue weighted by Gasteiger charge is -2.46.